The molecule has 0 spiro atoms. The topological polar surface area (TPSA) is 53.0 Å². The standard InChI is InChI=1S/C16H22N2O3/c1-17-6-7-21-13(10-17)11-18-9-12(8-16(19)20)14-4-2-3-5-15(14)18/h2-5,12-13H,6-11H2,1H3,(H,19,20). The van der Waals surface area contributed by atoms with Gasteiger partial charge in [-0.05, 0) is 18.7 Å². The average molecular weight is 290 g/mol. The third-order valence-electron chi connectivity index (χ3n) is 4.34. The molecule has 1 saturated heterocycles. The number of benzene rings is 1. The van der Waals surface area contributed by atoms with Gasteiger partial charge >= 0.3 is 5.97 Å². The molecule has 0 aliphatic carbocycles. The molecule has 3 rings (SSSR count). The van der Waals surface area contributed by atoms with Gasteiger partial charge in [0.2, 0.25) is 0 Å². The molecular weight excluding hydrogens is 268 g/mol. The molecule has 0 bridgehead atoms. The molecule has 5 nitrogen and oxygen atoms in total. The molecule has 1 fully saturated rings. The molecule has 5 heteroatoms. The van der Waals surface area contributed by atoms with Gasteiger partial charge < -0.3 is 19.6 Å². The van der Waals surface area contributed by atoms with Crippen LogP contribution < -0.4 is 4.90 Å². The van der Waals surface area contributed by atoms with E-state index in [9.17, 15) is 4.79 Å². The molecule has 0 amide bonds. The zero-order valence-electron chi connectivity index (χ0n) is 12.4. The summed E-state index contributed by atoms with van der Waals surface area (Å²) < 4.78 is 5.84. The number of anilines is 1. The van der Waals surface area contributed by atoms with Crippen molar-refractivity contribution >= 4 is 11.7 Å². The zero-order valence-corrected chi connectivity index (χ0v) is 12.4. The van der Waals surface area contributed by atoms with Crippen LogP contribution in [0.2, 0.25) is 0 Å². The third-order valence-corrected chi connectivity index (χ3v) is 4.34. The second kappa shape index (κ2) is 6.03. The Kier molecular flexibility index (Phi) is 4.12. The molecular formula is C16H22N2O3. The number of morpholine rings is 1. The molecule has 0 saturated carbocycles. The molecule has 21 heavy (non-hydrogen) atoms. The first-order chi connectivity index (χ1) is 10.1. The maximum absolute atomic E-state index is 11.1. The summed E-state index contributed by atoms with van der Waals surface area (Å²) in [5.41, 5.74) is 2.32. The van der Waals surface area contributed by atoms with E-state index in [4.69, 9.17) is 9.84 Å². The van der Waals surface area contributed by atoms with Gasteiger partial charge in [0.1, 0.15) is 0 Å². The van der Waals surface area contributed by atoms with Crippen LogP contribution in [0.3, 0.4) is 0 Å². The Labute approximate surface area is 125 Å². The molecule has 2 unspecified atom stereocenters. The average Bonchev–Trinajstić information content (AvgIpc) is 2.77. The number of hydrogen-bond donors (Lipinski definition) is 1. The number of para-hydroxylation sites is 1. The Morgan fingerprint density at radius 3 is 2.95 bits per heavy atom. The summed E-state index contributed by atoms with van der Waals surface area (Å²) in [7, 11) is 2.11. The number of fused-ring (bicyclic) bond motifs is 1. The first-order valence-corrected chi connectivity index (χ1v) is 7.49. The van der Waals surface area contributed by atoms with Crippen LogP contribution in [-0.4, -0.2) is 61.9 Å². The van der Waals surface area contributed by atoms with Gasteiger partial charge in [-0.25, -0.2) is 0 Å². The van der Waals surface area contributed by atoms with Gasteiger partial charge in [0.25, 0.3) is 0 Å². The zero-order chi connectivity index (χ0) is 14.8. The van der Waals surface area contributed by atoms with Gasteiger partial charge in [-0.15, -0.1) is 0 Å². The van der Waals surface area contributed by atoms with Gasteiger partial charge in [-0.1, -0.05) is 18.2 Å². The highest BCUT2D eigenvalue weighted by molar-refractivity contribution is 5.71. The monoisotopic (exact) mass is 290 g/mol. The number of ether oxygens (including phenoxy) is 1. The van der Waals surface area contributed by atoms with E-state index in [0.29, 0.717) is 0 Å². The summed E-state index contributed by atoms with van der Waals surface area (Å²) in [4.78, 5) is 15.6. The van der Waals surface area contributed by atoms with Crippen molar-refractivity contribution in [1.29, 1.82) is 0 Å². The molecule has 2 aliphatic heterocycles. The highest BCUT2D eigenvalue weighted by Crippen LogP contribution is 2.38. The Hall–Kier alpha value is -1.59. The van der Waals surface area contributed by atoms with E-state index < -0.39 is 5.97 Å². The molecule has 2 atom stereocenters. The highest BCUT2D eigenvalue weighted by atomic mass is 16.5. The second-order valence-electron chi connectivity index (χ2n) is 6.01. The summed E-state index contributed by atoms with van der Waals surface area (Å²) in [6.07, 6.45) is 0.388. The van der Waals surface area contributed by atoms with Crippen molar-refractivity contribution in [1.82, 2.24) is 4.90 Å². The quantitative estimate of drug-likeness (QED) is 0.908. The summed E-state index contributed by atoms with van der Waals surface area (Å²) in [6.45, 7) is 4.29. The Bertz CT molecular complexity index is 520. The minimum atomic E-state index is -0.731. The highest BCUT2D eigenvalue weighted by Gasteiger charge is 2.32. The normalized spacial score (nSPS) is 25.9. The van der Waals surface area contributed by atoms with Gasteiger partial charge in [0.05, 0.1) is 19.1 Å². The Balaban J connectivity index is 1.73. The molecule has 114 valence electrons. The Morgan fingerprint density at radius 1 is 1.38 bits per heavy atom. The van der Waals surface area contributed by atoms with Gasteiger partial charge in [-0.2, -0.15) is 0 Å². The lowest BCUT2D eigenvalue weighted by Crippen LogP contribution is -2.46. The van der Waals surface area contributed by atoms with E-state index in [1.807, 2.05) is 12.1 Å². The van der Waals surface area contributed by atoms with Crippen molar-refractivity contribution in [3.05, 3.63) is 29.8 Å². The number of aliphatic carboxylic acids is 1. The largest absolute Gasteiger partial charge is 0.481 e. The van der Waals surface area contributed by atoms with Crippen LogP contribution in [0.1, 0.15) is 17.9 Å². The van der Waals surface area contributed by atoms with Crippen molar-refractivity contribution in [3.8, 4) is 0 Å². The maximum Gasteiger partial charge on any atom is 0.304 e. The van der Waals surface area contributed by atoms with Crippen LogP contribution in [-0.2, 0) is 9.53 Å². The fraction of sp³-hybridized carbons (Fsp3) is 0.562. The summed E-state index contributed by atoms with van der Waals surface area (Å²) in [5, 5.41) is 9.09. The fourth-order valence-electron chi connectivity index (χ4n) is 3.36. The molecule has 0 radical (unpaired) electrons. The first kappa shape index (κ1) is 14.4. The van der Waals surface area contributed by atoms with Crippen molar-refractivity contribution in [2.75, 3.05) is 44.7 Å². The van der Waals surface area contributed by atoms with Crippen molar-refractivity contribution in [2.24, 2.45) is 0 Å². The number of carboxylic acid groups (broad SMARTS) is 1. The molecule has 1 aromatic carbocycles. The minimum absolute atomic E-state index is 0.0834. The second-order valence-corrected chi connectivity index (χ2v) is 6.01. The lowest BCUT2D eigenvalue weighted by atomic mass is 9.98. The maximum atomic E-state index is 11.1. The van der Waals surface area contributed by atoms with E-state index >= 15 is 0 Å². The molecule has 2 aliphatic rings. The molecule has 2 heterocycles. The van der Waals surface area contributed by atoms with Crippen LogP contribution >= 0.6 is 0 Å². The van der Waals surface area contributed by atoms with Crippen LogP contribution in [0.5, 0.6) is 0 Å². The van der Waals surface area contributed by atoms with E-state index in [2.05, 4.69) is 29.0 Å². The van der Waals surface area contributed by atoms with E-state index in [1.165, 1.54) is 5.69 Å². The van der Waals surface area contributed by atoms with E-state index in [0.717, 1.165) is 38.3 Å². The minimum Gasteiger partial charge on any atom is -0.481 e. The number of carbonyl (C=O) groups is 1. The third kappa shape index (κ3) is 3.19. The summed E-state index contributed by atoms with van der Waals surface area (Å²) in [6, 6.07) is 8.14. The number of rotatable bonds is 4. The van der Waals surface area contributed by atoms with Crippen LogP contribution in [0.25, 0.3) is 0 Å². The van der Waals surface area contributed by atoms with E-state index in [1.54, 1.807) is 0 Å². The molecule has 1 N–H and O–H groups in total. The van der Waals surface area contributed by atoms with Gasteiger partial charge in [-0.3, -0.25) is 4.79 Å². The molecule has 0 aromatic heterocycles. The SMILES string of the molecule is CN1CCOC(CN2CC(CC(=O)O)c3ccccc32)C1. The predicted octanol–water partition coefficient (Wildman–Crippen LogP) is 1.40. The van der Waals surface area contributed by atoms with Gasteiger partial charge in [0, 0.05) is 37.8 Å². The number of likely N-dealkylation sites (N-methyl/N-ethyl adjacent to an activating group) is 1. The molecule has 1 aromatic rings. The van der Waals surface area contributed by atoms with E-state index in [-0.39, 0.29) is 18.4 Å². The fourth-order valence-corrected chi connectivity index (χ4v) is 3.36. The number of nitrogens with zero attached hydrogens (tertiary/aromatic N) is 2. The lowest BCUT2D eigenvalue weighted by Gasteiger charge is -2.33. The van der Waals surface area contributed by atoms with Crippen molar-refractivity contribution < 1.29 is 14.6 Å². The van der Waals surface area contributed by atoms with Crippen molar-refractivity contribution in [3.63, 3.8) is 0 Å². The van der Waals surface area contributed by atoms with Crippen LogP contribution in [0.4, 0.5) is 5.69 Å². The smallest absolute Gasteiger partial charge is 0.304 e. The van der Waals surface area contributed by atoms with Crippen LogP contribution in [0.15, 0.2) is 24.3 Å². The summed E-state index contributed by atoms with van der Waals surface area (Å²) >= 11 is 0. The van der Waals surface area contributed by atoms with Crippen molar-refractivity contribution in [2.45, 2.75) is 18.4 Å². The lowest BCUT2D eigenvalue weighted by molar-refractivity contribution is -0.137. The summed E-state index contributed by atoms with van der Waals surface area (Å²) in [5.74, 6) is -0.648. The van der Waals surface area contributed by atoms with Gasteiger partial charge in [0.15, 0.2) is 0 Å². The number of carboxylic acids is 1. The number of hydrogen-bond acceptors (Lipinski definition) is 4. The first-order valence-electron chi connectivity index (χ1n) is 7.49. The van der Waals surface area contributed by atoms with Crippen LogP contribution in [0, 0.1) is 0 Å². The Morgan fingerprint density at radius 2 is 2.19 bits per heavy atom. The predicted molar refractivity (Wildman–Crippen MR) is 80.9 cm³/mol.